The van der Waals surface area contributed by atoms with Crippen molar-refractivity contribution in [1.82, 2.24) is 9.13 Å². The maximum atomic E-state index is 13.0. The van der Waals surface area contributed by atoms with Crippen LogP contribution in [0.2, 0.25) is 0 Å². The Bertz CT molecular complexity index is 931. The first-order valence-corrected chi connectivity index (χ1v) is 9.16. The number of hydrogen-bond donors (Lipinski definition) is 1. The van der Waals surface area contributed by atoms with Gasteiger partial charge in [0.1, 0.15) is 0 Å². The summed E-state index contributed by atoms with van der Waals surface area (Å²) in [5.41, 5.74) is 2.74. The summed E-state index contributed by atoms with van der Waals surface area (Å²) in [7, 11) is 0. The minimum Gasteiger partial charge on any atom is -0.481 e. The molecule has 0 atom stereocenters. The number of rotatable bonds is 9. The van der Waals surface area contributed by atoms with Gasteiger partial charge < -0.3 is 5.11 Å². The number of nitrogens with zero attached hydrogens (tertiary/aromatic N) is 2. The van der Waals surface area contributed by atoms with Gasteiger partial charge in [-0.25, -0.2) is 4.79 Å². The van der Waals surface area contributed by atoms with Crippen LogP contribution in [0, 0.1) is 0 Å². The van der Waals surface area contributed by atoms with Crippen molar-refractivity contribution in [1.29, 1.82) is 0 Å². The van der Waals surface area contributed by atoms with E-state index in [2.05, 4.69) is 0 Å². The molecule has 1 heterocycles. The molecule has 0 saturated heterocycles. The van der Waals surface area contributed by atoms with E-state index in [-0.39, 0.29) is 41.7 Å². The molecule has 0 aliphatic carbocycles. The van der Waals surface area contributed by atoms with Crippen LogP contribution in [0.3, 0.4) is 0 Å². The molecule has 0 spiro atoms. The quantitative estimate of drug-likeness (QED) is 0.457. The van der Waals surface area contributed by atoms with E-state index in [1.165, 1.54) is 0 Å². The van der Waals surface area contributed by atoms with Gasteiger partial charge in [-0.3, -0.25) is 13.9 Å². The molecule has 0 amide bonds. The maximum absolute atomic E-state index is 13.0. The summed E-state index contributed by atoms with van der Waals surface area (Å²) in [5.74, 6) is -0.731. The van der Waals surface area contributed by atoms with Crippen LogP contribution in [-0.2, 0) is 11.3 Å². The molecule has 0 fully saturated rings. The summed E-state index contributed by atoms with van der Waals surface area (Å²) in [6, 6.07) is 17.6. The van der Waals surface area contributed by atoms with Crippen molar-refractivity contribution in [2.45, 2.75) is 45.1 Å². The minimum absolute atomic E-state index is 0. The van der Waals surface area contributed by atoms with Gasteiger partial charge in [0, 0.05) is 42.5 Å². The third-order valence-corrected chi connectivity index (χ3v) is 4.62. The van der Waals surface area contributed by atoms with E-state index in [4.69, 9.17) is 5.11 Å². The van der Waals surface area contributed by atoms with Crippen LogP contribution in [-0.4, -0.2) is 49.8 Å². The van der Waals surface area contributed by atoms with Gasteiger partial charge in [-0.15, -0.1) is 0 Å². The van der Waals surface area contributed by atoms with Gasteiger partial charge in [0.05, 0.1) is 16.7 Å². The number of carbonyl (C=O) groups is 1. The topological polar surface area (TPSA) is 64.2 Å². The van der Waals surface area contributed by atoms with Crippen LogP contribution < -0.4 is 5.69 Å². The van der Waals surface area contributed by atoms with Gasteiger partial charge in [-0.2, -0.15) is 0 Å². The Labute approximate surface area is 180 Å². The van der Waals surface area contributed by atoms with Crippen LogP contribution in [0.15, 0.2) is 59.4 Å². The summed E-state index contributed by atoms with van der Waals surface area (Å²) >= 11 is 0. The van der Waals surface area contributed by atoms with Crippen LogP contribution >= 0.6 is 0 Å². The Balaban J connectivity index is 0.00000261. The smallest absolute Gasteiger partial charge is 0.333 e. The fourth-order valence-corrected chi connectivity index (χ4v) is 3.33. The molecule has 2 aromatic carbocycles. The molecular formula is C21H24N2NaO3. The van der Waals surface area contributed by atoms with Crippen molar-refractivity contribution in [3.8, 4) is 5.69 Å². The Kier molecular flexibility index (Phi) is 8.35. The van der Waals surface area contributed by atoms with Crippen LogP contribution in [0.25, 0.3) is 16.7 Å². The third-order valence-electron chi connectivity index (χ3n) is 4.62. The van der Waals surface area contributed by atoms with Crippen LogP contribution in [0.5, 0.6) is 0 Å². The predicted octanol–water partition coefficient (Wildman–Crippen LogP) is 3.84. The zero-order chi connectivity index (χ0) is 18.4. The molecular weight excluding hydrogens is 351 g/mol. The zero-order valence-corrected chi connectivity index (χ0v) is 17.8. The molecule has 27 heavy (non-hydrogen) atoms. The Hall–Kier alpha value is -1.82. The number of unbranched alkanes of at least 4 members (excludes halogenated alkanes) is 4. The Morgan fingerprint density at radius 2 is 1.41 bits per heavy atom. The number of carboxylic acid groups (broad SMARTS) is 1. The van der Waals surface area contributed by atoms with Crippen molar-refractivity contribution in [3.63, 3.8) is 0 Å². The van der Waals surface area contributed by atoms with Gasteiger partial charge >= 0.3 is 11.7 Å². The average Bonchev–Trinajstić information content (AvgIpc) is 2.93. The number of benzene rings is 2. The SMILES string of the molecule is O=C(O)CCCCCCCn1c(=O)n(-c2ccccc2)c2ccccc21.[Na]. The first-order valence-electron chi connectivity index (χ1n) is 9.16. The van der Waals surface area contributed by atoms with Crippen molar-refractivity contribution in [2.24, 2.45) is 0 Å². The monoisotopic (exact) mass is 375 g/mol. The molecule has 0 bridgehead atoms. The second-order valence-corrected chi connectivity index (χ2v) is 6.51. The average molecular weight is 375 g/mol. The Morgan fingerprint density at radius 1 is 0.815 bits per heavy atom. The van der Waals surface area contributed by atoms with Gasteiger partial charge in [0.2, 0.25) is 0 Å². The van der Waals surface area contributed by atoms with E-state index in [1.807, 2.05) is 59.2 Å². The first-order chi connectivity index (χ1) is 12.7. The number of aromatic nitrogens is 2. The second kappa shape index (κ2) is 10.5. The molecule has 1 aromatic heterocycles. The van der Waals surface area contributed by atoms with Gasteiger partial charge in [0.25, 0.3) is 0 Å². The maximum Gasteiger partial charge on any atom is 0.333 e. The first kappa shape index (κ1) is 21.5. The molecule has 1 radical (unpaired) electrons. The predicted molar refractivity (Wildman–Crippen MR) is 109 cm³/mol. The molecule has 5 nitrogen and oxygen atoms in total. The summed E-state index contributed by atoms with van der Waals surface area (Å²) < 4.78 is 3.61. The molecule has 137 valence electrons. The fraction of sp³-hybridized carbons (Fsp3) is 0.333. The minimum atomic E-state index is -0.731. The van der Waals surface area contributed by atoms with Crippen molar-refractivity contribution in [3.05, 3.63) is 65.1 Å². The molecule has 6 heteroatoms. The van der Waals surface area contributed by atoms with Gasteiger partial charge in [-0.05, 0) is 37.1 Å². The molecule has 3 rings (SSSR count). The fourth-order valence-electron chi connectivity index (χ4n) is 3.33. The largest absolute Gasteiger partial charge is 0.481 e. The van der Waals surface area contributed by atoms with Gasteiger partial charge in [0.15, 0.2) is 0 Å². The van der Waals surface area contributed by atoms with E-state index in [0.29, 0.717) is 6.54 Å². The summed E-state index contributed by atoms with van der Waals surface area (Å²) in [6.07, 6.45) is 4.80. The molecule has 0 unspecified atom stereocenters. The number of hydrogen-bond acceptors (Lipinski definition) is 2. The van der Waals surface area contributed by atoms with E-state index in [0.717, 1.165) is 48.8 Å². The number of para-hydroxylation sites is 3. The number of imidazole rings is 1. The van der Waals surface area contributed by atoms with E-state index < -0.39 is 5.97 Å². The normalized spacial score (nSPS) is 10.7. The molecule has 0 aliphatic rings. The third kappa shape index (κ3) is 5.34. The van der Waals surface area contributed by atoms with Crippen LogP contribution in [0.4, 0.5) is 0 Å². The number of fused-ring (bicyclic) bond motifs is 1. The Morgan fingerprint density at radius 3 is 2.11 bits per heavy atom. The number of carboxylic acids is 1. The van der Waals surface area contributed by atoms with Gasteiger partial charge in [-0.1, -0.05) is 49.6 Å². The van der Waals surface area contributed by atoms with Crippen molar-refractivity contribution in [2.75, 3.05) is 0 Å². The number of aliphatic carboxylic acids is 1. The molecule has 0 saturated carbocycles. The van der Waals surface area contributed by atoms with E-state index >= 15 is 0 Å². The van der Waals surface area contributed by atoms with Crippen molar-refractivity contribution < 1.29 is 9.90 Å². The molecule has 1 N–H and O–H groups in total. The number of aryl methyl sites for hydroxylation is 1. The van der Waals surface area contributed by atoms with E-state index in [9.17, 15) is 9.59 Å². The molecule has 0 aliphatic heterocycles. The van der Waals surface area contributed by atoms with Crippen molar-refractivity contribution >= 4 is 46.6 Å². The van der Waals surface area contributed by atoms with Crippen LogP contribution in [0.1, 0.15) is 38.5 Å². The summed E-state index contributed by atoms with van der Waals surface area (Å²) in [6.45, 7) is 0.679. The second-order valence-electron chi connectivity index (χ2n) is 6.51. The standard InChI is InChI=1S/C21H24N2O3.Na/c24-20(25)15-7-2-1-3-10-16-22-18-13-8-9-14-19(18)23(21(22)26)17-11-5-4-6-12-17;/h4-6,8-9,11-14H,1-3,7,10,15-16H2,(H,24,25);. The van der Waals surface area contributed by atoms with E-state index in [1.54, 1.807) is 4.57 Å². The summed E-state index contributed by atoms with van der Waals surface area (Å²) in [5, 5.41) is 8.65. The zero-order valence-electron chi connectivity index (χ0n) is 15.8. The molecule has 3 aromatic rings. The summed E-state index contributed by atoms with van der Waals surface area (Å²) in [4.78, 5) is 23.5.